The lowest BCUT2D eigenvalue weighted by Gasteiger charge is -2.24. The van der Waals surface area contributed by atoms with Crippen LogP contribution in [-0.4, -0.2) is 49.9 Å². The van der Waals surface area contributed by atoms with E-state index in [4.69, 9.17) is 0 Å². The summed E-state index contributed by atoms with van der Waals surface area (Å²) in [4.78, 5) is 23.8. The Morgan fingerprint density at radius 2 is 2.17 bits per heavy atom. The predicted octanol–water partition coefficient (Wildman–Crippen LogP) is -1.84. The number of carbonyl (C=O) groups is 2. The van der Waals surface area contributed by atoms with Crippen LogP contribution in [0.15, 0.2) is 0 Å². The van der Waals surface area contributed by atoms with E-state index in [-0.39, 0.29) is 11.8 Å². The van der Waals surface area contributed by atoms with Gasteiger partial charge in [-0.05, 0) is 0 Å². The molecule has 0 radical (unpaired) electrons. The highest BCUT2D eigenvalue weighted by Gasteiger charge is 2.29. The minimum atomic E-state index is -0.700. The molecule has 1 aliphatic heterocycles. The third kappa shape index (κ3) is 1.73. The molecule has 1 atom stereocenters. The molecule has 1 unspecified atom stereocenters. The van der Waals surface area contributed by atoms with Crippen molar-refractivity contribution in [1.29, 1.82) is 0 Å². The number of rotatable bonds is 1. The van der Waals surface area contributed by atoms with E-state index in [9.17, 15) is 9.59 Å². The molecule has 1 rings (SSSR count). The molecule has 2 amide bonds. The molecule has 0 spiro atoms. The Balaban J connectivity index is 2.60. The van der Waals surface area contributed by atoms with Gasteiger partial charge in [0.15, 0.2) is 6.04 Å². The first-order valence-electron chi connectivity index (χ1n) is 3.85. The van der Waals surface area contributed by atoms with Gasteiger partial charge in [-0.25, -0.2) is 0 Å². The maximum atomic E-state index is 11.3. The molecule has 5 nitrogen and oxygen atoms in total. The molecule has 0 aromatic heterocycles. The average molecular weight is 171 g/mol. The predicted molar refractivity (Wildman–Crippen MR) is 43.5 cm³/mol. The molecular formula is C7H13N3O2. The third-order valence-corrected chi connectivity index (χ3v) is 1.72. The van der Waals surface area contributed by atoms with Gasteiger partial charge in [-0.2, -0.15) is 0 Å². The summed E-state index contributed by atoms with van der Waals surface area (Å²) >= 11 is 0. The molecular weight excluding hydrogens is 158 g/mol. The van der Waals surface area contributed by atoms with E-state index >= 15 is 0 Å². The van der Waals surface area contributed by atoms with Gasteiger partial charge in [0.25, 0.3) is 0 Å². The Labute approximate surface area is 71.1 Å². The van der Waals surface area contributed by atoms with Crippen LogP contribution in [0.25, 0.3) is 0 Å². The second-order valence-corrected chi connectivity index (χ2v) is 2.91. The Morgan fingerprint density at radius 1 is 1.50 bits per heavy atom. The molecule has 0 aromatic carbocycles. The molecule has 0 aliphatic carbocycles. The van der Waals surface area contributed by atoms with E-state index in [1.165, 1.54) is 4.90 Å². The van der Waals surface area contributed by atoms with E-state index in [1.54, 1.807) is 14.1 Å². The van der Waals surface area contributed by atoms with Crippen LogP contribution in [-0.2, 0) is 9.59 Å². The van der Waals surface area contributed by atoms with Gasteiger partial charge in [-0.3, -0.25) is 14.9 Å². The first-order chi connectivity index (χ1) is 5.63. The summed E-state index contributed by atoms with van der Waals surface area (Å²) in [7, 11) is 3.26. The van der Waals surface area contributed by atoms with E-state index < -0.39 is 6.04 Å². The Kier molecular flexibility index (Phi) is 2.65. The molecule has 1 saturated heterocycles. The standard InChI is InChI=1S/C7H13N3O2/c1-10(2)7(12)5-6(11)9-4-3-8-5/h5,8H,3-4H2,1-2H3,(H,9,11). The van der Waals surface area contributed by atoms with E-state index in [0.717, 1.165) is 0 Å². The lowest BCUT2D eigenvalue weighted by atomic mass is 10.2. The molecule has 0 saturated carbocycles. The highest BCUT2D eigenvalue weighted by molar-refractivity contribution is 6.04. The molecule has 1 fully saturated rings. The average Bonchev–Trinajstić information content (AvgIpc) is 2.04. The zero-order chi connectivity index (χ0) is 9.14. The van der Waals surface area contributed by atoms with E-state index in [2.05, 4.69) is 10.6 Å². The Morgan fingerprint density at radius 3 is 2.67 bits per heavy atom. The fraction of sp³-hybridized carbons (Fsp3) is 0.714. The van der Waals surface area contributed by atoms with E-state index in [1.807, 2.05) is 0 Å². The van der Waals surface area contributed by atoms with Gasteiger partial charge in [-0.15, -0.1) is 0 Å². The minimum Gasteiger partial charge on any atom is -0.353 e. The van der Waals surface area contributed by atoms with Crippen LogP contribution in [0.3, 0.4) is 0 Å². The van der Waals surface area contributed by atoms with Crippen molar-refractivity contribution in [3.63, 3.8) is 0 Å². The van der Waals surface area contributed by atoms with Crippen LogP contribution in [0.2, 0.25) is 0 Å². The van der Waals surface area contributed by atoms with E-state index in [0.29, 0.717) is 13.1 Å². The number of piperazine rings is 1. The molecule has 0 bridgehead atoms. The maximum Gasteiger partial charge on any atom is 0.248 e. The molecule has 1 aliphatic rings. The fourth-order valence-corrected chi connectivity index (χ4v) is 1.05. The molecule has 0 aromatic rings. The second-order valence-electron chi connectivity index (χ2n) is 2.91. The summed E-state index contributed by atoms with van der Waals surface area (Å²) in [6.45, 7) is 1.24. The smallest absolute Gasteiger partial charge is 0.248 e. The number of likely N-dealkylation sites (N-methyl/N-ethyl adjacent to an activating group) is 1. The Bertz CT molecular complexity index is 203. The van der Waals surface area contributed by atoms with Crippen molar-refractivity contribution in [1.82, 2.24) is 15.5 Å². The molecule has 2 N–H and O–H groups in total. The summed E-state index contributed by atoms with van der Waals surface area (Å²) in [6.07, 6.45) is 0. The van der Waals surface area contributed by atoms with Gasteiger partial charge >= 0.3 is 0 Å². The highest BCUT2D eigenvalue weighted by atomic mass is 16.2. The number of hydrogen-bond donors (Lipinski definition) is 2. The van der Waals surface area contributed by atoms with Crippen molar-refractivity contribution < 1.29 is 9.59 Å². The fourth-order valence-electron chi connectivity index (χ4n) is 1.05. The number of nitrogens with zero attached hydrogens (tertiary/aromatic N) is 1. The van der Waals surface area contributed by atoms with Crippen LogP contribution >= 0.6 is 0 Å². The van der Waals surface area contributed by atoms with Crippen LogP contribution in [0.5, 0.6) is 0 Å². The molecule has 68 valence electrons. The largest absolute Gasteiger partial charge is 0.353 e. The first-order valence-corrected chi connectivity index (χ1v) is 3.85. The molecule has 5 heteroatoms. The Hall–Kier alpha value is -1.10. The van der Waals surface area contributed by atoms with Crippen LogP contribution in [0.1, 0.15) is 0 Å². The van der Waals surface area contributed by atoms with Gasteiger partial charge < -0.3 is 10.2 Å². The first kappa shape index (κ1) is 8.99. The summed E-state index contributed by atoms with van der Waals surface area (Å²) in [5, 5.41) is 5.47. The number of nitrogens with one attached hydrogen (secondary N) is 2. The topological polar surface area (TPSA) is 61.4 Å². The molecule has 12 heavy (non-hydrogen) atoms. The zero-order valence-electron chi connectivity index (χ0n) is 7.26. The quantitative estimate of drug-likeness (QED) is 0.456. The third-order valence-electron chi connectivity index (χ3n) is 1.72. The van der Waals surface area contributed by atoms with Gasteiger partial charge in [0.1, 0.15) is 0 Å². The van der Waals surface area contributed by atoms with Crippen LogP contribution in [0, 0.1) is 0 Å². The van der Waals surface area contributed by atoms with Crippen molar-refractivity contribution in [2.45, 2.75) is 6.04 Å². The second kappa shape index (κ2) is 3.53. The summed E-state index contributed by atoms with van der Waals surface area (Å²) in [5.74, 6) is -0.438. The SMILES string of the molecule is CN(C)C(=O)C1NCCNC1=O. The maximum absolute atomic E-state index is 11.3. The summed E-state index contributed by atoms with van der Waals surface area (Å²) < 4.78 is 0. The summed E-state index contributed by atoms with van der Waals surface area (Å²) in [6, 6.07) is -0.700. The number of amides is 2. The lowest BCUT2D eigenvalue weighted by Crippen LogP contribution is -2.59. The van der Waals surface area contributed by atoms with Crippen molar-refractivity contribution in [3.05, 3.63) is 0 Å². The number of hydrogen-bond acceptors (Lipinski definition) is 3. The van der Waals surface area contributed by atoms with Gasteiger partial charge in [0.05, 0.1) is 0 Å². The van der Waals surface area contributed by atoms with Crippen LogP contribution < -0.4 is 10.6 Å². The highest BCUT2D eigenvalue weighted by Crippen LogP contribution is 1.93. The summed E-state index contributed by atoms with van der Waals surface area (Å²) in [5.41, 5.74) is 0. The molecule has 1 heterocycles. The number of carbonyl (C=O) groups excluding carboxylic acids is 2. The van der Waals surface area contributed by atoms with Crippen molar-refractivity contribution in [2.75, 3.05) is 27.2 Å². The normalized spacial score (nSPS) is 23.2. The van der Waals surface area contributed by atoms with Crippen molar-refractivity contribution in [3.8, 4) is 0 Å². The van der Waals surface area contributed by atoms with Crippen LogP contribution in [0.4, 0.5) is 0 Å². The minimum absolute atomic E-state index is 0.202. The van der Waals surface area contributed by atoms with Crippen molar-refractivity contribution in [2.24, 2.45) is 0 Å². The lowest BCUT2D eigenvalue weighted by molar-refractivity contribution is -0.138. The van der Waals surface area contributed by atoms with Gasteiger partial charge in [0, 0.05) is 27.2 Å². The van der Waals surface area contributed by atoms with Gasteiger partial charge in [0.2, 0.25) is 11.8 Å². The van der Waals surface area contributed by atoms with Gasteiger partial charge in [-0.1, -0.05) is 0 Å². The monoisotopic (exact) mass is 171 g/mol. The zero-order valence-corrected chi connectivity index (χ0v) is 7.26. The van der Waals surface area contributed by atoms with Crippen molar-refractivity contribution >= 4 is 11.8 Å².